The molecule has 9 aromatic rings. The minimum absolute atomic E-state index is 0.799. The number of benzene rings is 7. The monoisotopic (exact) mass is 643 g/mol. The number of aromatic nitrogens is 3. The standard InChI is InChI=1S/C45H29N3S/c1-5-17-30(18-6-1)37-29-39-42(36-27-15-16-28-38(36)49-39)43(40(37)31-19-7-2-8-20-31)34-25-13-14-26-35(34)45-41(32-21-9-3-10-22-32)44(46-48-47-45)33-23-11-4-12-24-33/h1-29H. The van der Waals surface area contributed by atoms with E-state index in [1.807, 2.05) is 35.6 Å². The normalized spacial score (nSPS) is 11.3. The highest BCUT2D eigenvalue weighted by molar-refractivity contribution is 7.26. The van der Waals surface area contributed by atoms with E-state index in [2.05, 4.69) is 162 Å². The van der Waals surface area contributed by atoms with Crippen LogP contribution in [0.2, 0.25) is 0 Å². The van der Waals surface area contributed by atoms with Gasteiger partial charge in [-0.2, -0.15) is 0 Å². The zero-order chi connectivity index (χ0) is 32.6. The lowest BCUT2D eigenvalue weighted by Crippen LogP contribution is -2.01. The van der Waals surface area contributed by atoms with Crippen LogP contribution in [0, 0.1) is 0 Å². The fraction of sp³-hybridized carbons (Fsp3) is 0. The van der Waals surface area contributed by atoms with E-state index in [1.165, 1.54) is 42.4 Å². The molecule has 0 fully saturated rings. The lowest BCUT2D eigenvalue weighted by molar-refractivity contribution is 0.879. The molecule has 49 heavy (non-hydrogen) atoms. The first kappa shape index (κ1) is 29.0. The molecule has 230 valence electrons. The SMILES string of the molecule is c1ccc(-c2cc3sc4ccccc4c3c(-c3ccccc3-c3nnnc(-c4ccccc4)c3-c3ccccc3)c2-c2ccccc2)cc1. The molecular weight excluding hydrogens is 615 g/mol. The zero-order valence-electron chi connectivity index (χ0n) is 26.5. The molecule has 0 spiro atoms. The molecule has 0 aliphatic heterocycles. The number of fused-ring (bicyclic) bond motifs is 3. The largest absolute Gasteiger partial charge is 0.135 e. The minimum Gasteiger partial charge on any atom is -0.135 e. The summed E-state index contributed by atoms with van der Waals surface area (Å²) in [5.41, 5.74) is 12.6. The molecule has 0 saturated heterocycles. The predicted octanol–water partition coefficient (Wildman–Crippen LogP) is 12.2. The summed E-state index contributed by atoms with van der Waals surface area (Å²) in [5, 5.41) is 16.4. The van der Waals surface area contributed by atoms with E-state index in [0.717, 1.165) is 44.8 Å². The number of thiophene rings is 1. The van der Waals surface area contributed by atoms with Crippen molar-refractivity contribution in [1.29, 1.82) is 0 Å². The topological polar surface area (TPSA) is 38.7 Å². The summed E-state index contributed by atoms with van der Waals surface area (Å²) in [4.78, 5) is 0. The van der Waals surface area contributed by atoms with Crippen LogP contribution in [0.5, 0.6) is 0 Å². The molecule has 0 amide bonds. The summed E-state index contributed by atoms with van der Waals surface area (Å²) >= 11 is 1.85. The lowest BCUT2D eigenvalue weighted by atomic mass is 9.82. The Labute approximate surface area is 288 Å². The molecule has 0 unspecified atom stereocenters. The molecule has 9 rings (SSSR count). The summed E-state index contributed by atoms with van der Waals surface area (Å²) in [6.45, 7) is 0. The van der Waals surface area contributed by atoms with Gasteiger partial charge in [-0.15, -0.1) is 21.5 Å². The number of nitrogens with zero attached hydrogens (tertiary/aromatic N) is 3. The third-order valence-corrected chi connectivity index (χ3v) is 10.3. The van der Waals surface area contributed by atoms with Gasteiger partial charge in [-0.05, 0) is 50.7 Å². The van der Waals surface area contributed by atoms with Gasteiger partial charge in [-0.25, -0.2) is 0 Å². The van der Waals surface area contributed by atoms with Gasteiger partial charge in [0.1, 0.15) is 11.4 Å². The number of hydrogen-bond acceptors (Lipinski definition) is 4. The van der Waals surface area contributed by atoms with Gasteiger partial charge in [-0.1, -0.05) is 164 Å². The summed E-state index contributed by atoms with van der Waals surface area (Å²) in [5.74, 6) is 0. The second-order valence-corrected chi connectivity index (χ2v) is 13.1. The van der Waals surface area contributed by atoms with Gasteiger partial charge in [0.25, 0.3) is 0 Å². The molecule has 4 heteroatoms. The molecule has 0 saturated carbocycles. The van der Waals surface area contributed by atoms with Crippen LogP contribution in [-0.2, 0) is 0 Å². The van der Waals surface area contributed by atoms with Gasteiger partial charge in [0.2, 0.25) is 0 Å². The van der Waals surface area contributed by atoms with E-state index >= 15 is 0 Å². The maximum absolute atomic E-state index is 4.85. The van der Waals surface area contributed by atoms with Crippen molar-refractivity contribution in [3.8, 4) is 67.0 Å². The highest BCUT2D eigenvalue weighted by atomic mass is 32.1. The Morgan fingerprint density at radius 1 is 0.347 bits per heavy atom. The molecule has 0 N–H and O–H groups in total. The number of rotatable bonds is 6. The highest BCUT2D eigenvalue weighted by Crippen LogP contribution is 2.52. The van der Waals surface area contributed by atoms with Crippen molar-refractivity contribution < 1.29 is 0 Å². The Kier molecular flexibility index (Phi) is 7.34. The van der Waals surface area contributed by atoms with Crippen molar-refractivity contribution in [2.45, 2.75) is 0 Å². The van der Waals surface area contributed by atoms with Gasteiger partial charge < -0.3 is 0 Å². The van der Waals surface area contributed by atoms with E-state index in [-0.39, 0.29) is 0 Å². The smallest absolute Gasteiger partial charge is 0.105 e. The van der Waals surface area contributed by atoms with Crippen molar-refractivity contribution >= 4 is 31.5 Å². The Hall–Kier alpha value is -6.23. The Bertz CT molecular complexity index is 2580. The van der Waals surface area contributed by atoms with Gasteiger partial charge in [-0.3, -0.25) is 0 Å². The molecule has 0 aliphatic rings. The summed E-state index contributed by atoms with van der Waals surface area (Å²) in [7, 11) is 0. The summed E-state index contributed by atoms with van der Waals surface area (Å²) < 4.78 is 2.51. The average Bonchev–Trinajstić information content (AvgIpc) is 3.57. The maximum atomic E-state index is 4.85. The van der Waals surface area contributed by atoms with E-state index in [1.54, 1.807) is 0 Å². The molecule has 3 nitrogen and oxygen atoms in total. The van der Waals surface area contributed by atoms with Gasteiger partial charge in [0, 0.05) is 42.4 Å². The molecule has 0 radical (unpaired) electrons. The zero-order valence-corrected chi connectivity index (χ0v) is 27.3. The Morgan fingerprint density at radius 3 is 1.53 bits per heavy atom. The second-order valence-electron chi connectivity index (χ2n) is 12.0. The molecule has 0 aliphatic carbocycles. The van der Waals surface area contributed by atoms with Crippen LogP contribution in [0.15, 0.2) is 176 Å². The minimum atomic E-state index is 0.799. The Morgan fingerprint density at radius 2 is 0.857 bits per heavy atom. The summed E-state index contributed by atoms with van der Waals surface area (Å²) in [6, 6.07) is 62.1. The van der Waals surface area contributed by atoms with Crippen molar-refractivity contribution in [2.75, 3.05) is 0 Å². The third-order valence-electron chi connectivity index (χ3n) is 9.14. The quantitative estimate of drug-likeness (QED) is 0.181. The van der Waals surface area contributed by atoms with E-state index in [4.69, 9.17) is 5.10 Å². The van der Waals surface area contributed by atoms with Crippen molar-refractivity contribution in [1.82, 2.24) is 15.4 Å². The number of hydrogen-bond donors (Lipinski definition) is 0. The molecule has 2 aromatic heterocycles. The van der Waals surface area contributed by atoms with Crippen LogP contribution in [0.25, 0.3) is 87.2 Å². The van der Waals surface area contributed by atoms with Crippen LogP contribution in [-0.4, -0.2) is 15.4 Å². The van der Waals surface area contributed by atoms with E-state index in [0.29, 0.717) is 0 Å². The van der Waals surface area contributed by atoms with Crippen molar-refractivity contribution in [2.24, 2.45) is 0 Å². The van der Waals surface area contributed by atoms with Gasteiger partial charge in [0.15, 0.2) is 0 Å². The fourth-order valence-electron chi connectivity index (χ4n) is 7.00. The summed E-state index contributed by atoms with van der Waals surface area (Å²) in [6.07, 6.45) is 0. The second kappa shape index (κ2) is 12.4. The van der Waals surface area contributed by atoms with Crippen LogP contribution in [0.1, 0.15) is 0 Å². The first-order valence-electron chi connectivity index (χ1n) is 16.4. The highest BCUT2D eigenvalue weighted by Gasteiger charge is 2.26. The lowest BCUT2D eigenvalue weighted by Gasteiger charge is -2.21. The van der Waals surface area contributed by atoms with Gasteiger partial charge in [0.05, 0.1) is 0 Å². The maximum Gasteiger partial charge on any atom is 0.105 e. The van der Waals surface area contributed by atoms with Crippen LogP contribution >= 0.6 is 11.3 Å². The molecule has 7 aromatic carbocycles. The molecule has 0 bridgehead atoms. The van der Waals surface area contributed by atoms with Crippen LogP contribution < -0.4 is 0 Å². The molecule has 0 atom stereocenters. The molecule has 2 heterocycles. The third kappa shape index (κ3) is 5.10. The van der Waals surface area contributed by atoms with Gasteiger partial charge >= 0.3 is 0 Å². The fourth-order valence-corrected chi connectivity index (χ4v) is 8.16. The Balaban J connectivity index is 1.44. The van der Waals surface area contributed by atoms with E-state index < -0.39 is 0 Å². The van der Waals surface area contributed by atoms with Crippen molar-refractivity contribution in [3.63, 3.8) is 0 Å². The first-order valence-corrected chi connectivity index (χ1v) is 17.2. The molecular formula is C45H29N3S. The van der Waals surface area contributed by atoms with Crippen LogP contribution in [0.4, 0.5) is 0 Å². The predicted molar refractivity (Wildman–Crippen MR) is 205 cm³/mol. The van der Waals surface area contributed by atoms with Crippen molar-refractivity contribution in [3.05, 3.63) is 176 Å². The van der Waals surface area contributed by atoms with E-state index in [9.17, 15) is 0 Å². The van der Waals surface area contributed by atoms with Crippen LogP contribution in [0.3, 0.4) is 0 Å². The average molecular weight is 644 g/mol. The first-order chi connectivity index (χ1) is 24.3.